The molecule has 0 saturated heterocycles. The SMILES string of the molecule is Cc1nc(COc2cccc(C(=O)NCCOc3ccc(Cl)cc3)c2)cs1. The van der Waals surface area contributed by atoms with Gasteiger partial charge in [0.05, 0.1) is 17.2 Å². The number of hydrogen-bond donors (Lipinski definition) is 1. The predicted octanol–water partition coefficient (Wildman–Crippen LogP) is 4.49. The lowest BCUT2D eigenvalue weighted by atomic mass is 10.2. The number of rotatable bonds is 8. The van der Waals surface area contributed by atoms with Gasteiger partial charge in [0.15, 0.2) is 0 Å². The van der Waals surface area contributed by atoms with Crippen LogP contribution in [0.25, 0.3) is 0 Å². The molecule has 0 bridgehead atoms. The Morgan fingerprint density at radius 1 is 1.15 bits per heavy atom. The van der Waals surface area contributed by atoms with Crippen molar-refractivity contribution in [3.8, 4) is 11.5 Å². The molecule has 1 heterocycles. The first kappa shape index (κ1) is 19.2. The molecule has 2 aromatic carbocycles. The van der Waals surface area contributed by atoms with E-state index in [9.17, 15) is 4.79 Å². The zero-order valence-corrected chi connectivity index (χ0v) is 16.3. The lowest BCUT2D eigenvalue weighted by Crippen LogP contribution is -2.28. The van der Waals surface area contributed by atoms with Crippen LogP contribution in [0.15, 0.2) is 53.9 Å². The fraction of sp³-hybridized carbons (Fsp3) is 0.200. The number of nitrogens with zero attached hydrogens (tertiary/aromatic N) is 1. The summed E-state index contributed by atoms with van der Waals surface area (Å²) >= 11 is 7.41. The molecule has 1 aromatic heterocycles. The van der Waals surface area contributed by atoms with Crippen molar-refractivity contribution in [2.24, 2.45) is 0 Å². The summed E-state index contributed by atoms with van der Waals surface area (Å²) < 4.78 is 11.3. The Morgan fingerprint density at radius 3 is 2.70 bits per heavy atom. The number of amides is 1. The third-order valence-corrected chi connectivity index (χ3v) is 4.69. The molecule has 0 aliphatic heterocycles. The fourth-order valence-electron chi connectivity index (χ4n) is 2.33. The van der Waals surface area contributed by atoms with E-state index in [2.05, 4.69) is 10.3 Å². The normalized spacial score (nSPS) is 10.4. The number of nitrogens with one attached hydrogen (secondary N) is 1. The van der Waals surface area contributed by atoms with Gasteiger partial charge in [0.1, 0.15) is 24.7 Å². The highest BCUT2D eigenvalue weighted by Gasteiger charge is 2.07. The minimum Gasteiger partial charge on any atom is -0.492 e. The van der Waals surface area contributed by atoms with Gasteiger partial charge in [0.25, 0.3) is 5.91 Å². The van der Waals surface area contributed by atoms with Crippen LogP contribution in [0.3, 0.4) is 0 Å². The quantitative estimate of drug-likeness (QED) is 0.564. The van der Waals surface area contributed by atoms with Gasteiger partial charge < -0.3 is 14.8 Å². The van der Waals surface area contributed by atoms with E-state index in [0.29, 0.717) is 41.8 Å². The van der Waals surface area contributed by atoms with Crippen molar-refractivity contribution < 1.29 is 14.3 Å². The van der Waals surface area contributed by atoms with Gasteiger partial charge >= 0.3 is 0 Å². The van der Waals surface area contributed by atoms with Crippen LogP contribution in [0, 0.1) is 6.92 Å². The Morgan fingerprint density at radius 2 is 1.96 bits per heavy atom. The van der Waals surface area contributed by atoms with Gasteiger partial charge in [0, 0.05) is 16.0 Å². The third-order valence-electron chi connectivity index (χ3n) is 3.62. The maximum Gasteiger partial charge on any atom is 0.251 e. The van der Waals surface area contributed by atoms with Crippen molar-refractivity contribution in [2.45, 2.75) is 13.5 Å². The van der Waals surface area contributed by atoms with Gasteiger partial charge in [0.2, 0.25) is 0 Å². The van der Waals surface area contributed by atoms with Gasteiger partial charge in [-0.3, -0.25) is 4.79 Å². The number of halogens is 1. The third kappa shape index (κ3) is 5.98. The minimum atomic E-state index is -0.176. The molecule has 0 spiro atoms. The first-order chi connectivity index (χ1) is 13.1. The first-order valence-corrected chi connectivity index (χ1v) is 9.66. The summed E-state index contributed by atoms with van der Waals surface area (Å²) in [6.45, 7) is 3.09. The van der Waals surface area contributed by atoms with Crippen LogP contribution in [0.2, 0.25) is 5.02 Å². The van der Waals surface area contributed by atoms with Crippen molar-refractivity contribution in [3.63, 3.8) is 0 Å². The molecule has 3 aromatic rings. The molecule has 0 radical (unpaired) electrons. The van der Waals surface area contributed by atoms with Gasteiger partial charge in [-0.15, -0.1) is 11.3 Å². The van der Waals surface area contributed by atoms with Gasteiger partial charge in [-0.2, -0.15) is 0 Å². The Balaban J connectivity index is 1.45. The highest BCUT2D eigenvalue weighted by molar-refractivity contribution is 7.09. The molecule has 0 aliphatic rings. The van der Waals surface area contributed by atoms with Crippen molar-refractivity contribution in [1.29, 1.82) is 0 Å². The number of carbonyl (C=O) groups excluding carboxylic acids is 1. The highest BCUT2D eigenvalue weighted by Crippen LogP contribution is 2.17. The van der Waals surface area contributed by atoms with Gasteiger partial charge in [-0.05, 0) is 49.4 Å². The smallest absolute Gasteiger partial charge is 0.251 e. The van der Waals surface area contributed by atoms with Crippen molar-refractivity contribution >= 4 is 28.8 Å². The number of thiazole rings is 1. The maximum absolute atomic E-state index is 12.3. The largest absolute Gasteiger partial charge is 0.492 e. The average molecular weight is 403 g/mol. The molecule has 27 heavy (non-hydrogen) atoms. The summed E-state index contributed by atoms with van der Waals surface area (Å²) in [5.74, 6) is 1.16. The Labute approximate surface area is 166 Å². The molecule has 140 valence electrons. The Kier molecular flexibility index (Phi) is 6.68. The summed E-state index contributed by atoms with van der Waals surface area (Å²) in [5.41, 5.74) is 1.42. The standard InChI is InChI=1S/C20H19ClN2O3S/c1-14-23-17(13-27-14)12-26-19-4-2-3-15(11-19)20(24)22-9-10-25-18-7-5-16(21)6-8-18/h2-8,11,13H,9-10,12H2,1H3,(H,22,24). The second-order valence-corrected chi connectivity index (χ2v) is 7.23. The summed E-state index contributed by atoms with van der Waals surface area (Å²) in [5, 5.41) is 6.45. The minimum absolute atomic E-state index is 0.176. The van der Waals surface area contributed by atoms with Crippen molar-refractivity contribution in [3.05, 3.63) is 75.2 Å². The molecule has 1 N–H and O–H groups in total. The molecule has 3 rings (SSSR count). The number of hydrogen-bond acceptors (Lipinski definition) is 5. The van der Waals surface area contributed by atoms with E-state index in [0.717, 1.165) is 10.7 Å². The lowest BCUT2D eigenvalue weighted by Gasteiger charge is -2.09. The molecule has 0 saturated carbocycles. The fourth-order valence-corrected chi connectivity index (χ4v) is 3.05. The van der Waals surface area contributed by atoms with E-state index in [1.54, 1.807) is 53.8 Å². The van der Waals surface area contributed by atoms with Crippen LogP contribution >= 0.6 is 22.9 Å². The van der Waals surface area contributed by atoms with Crippen LogP contribution in [-0.4, -0.2) is 24.0 Å². The van der Waals surface area contributed by atoms with Gasteiger partial charge in [-0.25, -0.2) is 4.98 Å². The van der Waals surface area contributed by atoms with E-state index in [1.165, 1.54) is 0 Å². The number of carbonyl (C=O) groups is 1. The summed E-state index contributed by atoms with van der Waals surface area (Å²) in [6.07, 6.45) is 0. The van der Waals surface area contributed by atoms with E-state index < -0.39 is 0 Å². The zero-order chi connectivity index (χ0) is 19.1. The van der Waals surface area contributed by atoms with E-state index in [1.807, 2.05) is 18.4 Å². The Bertz CT molecular complexity index is 896. The average Bonchev–Trinajstić information content (AvgIpc) is 3.10. The molecule has 5 nitrogen and oxygen atoms in total. The monoisotopic (exact) mass is 402 g/mol. The molecule has 7 heteroatoms. The second kappa shape index (κ2) is 9.39. The molecule has 0 fully saturated rings. The molecule has 1 amide bonds. The topological polar surface area (TPSA) is 60.5 Å². The number of benzene rings is 2. The summed E-state index contributed by atoms with van der Waals surface area (Å²) in [6, 6.07) is 14.2. The molecule has 0 atom stereocenters. The molecular formula is C20H19ClN2O3S. The van der Waals surface area contributed by atoms with E-state index >= 15 is 0 Å². The highest BCUT2D eigenvalue weighted by atomic mass is 35.5. The number of aromatic nitrogens is 1. The van der Waals surface area contributed by atoms with E-state index in [4.69, 9.17) is 21.1 Å². The van der Waals surface area contributed by atoms with E-state index in [-0.39, 0.29) is 5.91 Å². The molecular weight excluding hydrogens is 384 g/mol. The second-order valence-electron chi connectivity index (χ2n) is 5.73. The summed E-state index contributed by atoms with van der Waals surface area (Å²) in [4.78, 5) is 16.6. The number of aryl methyl sites for hydroxylation is 1. The van der Waals surface area contributed by atoms with Crippen LogP contribution in [0.4, 0.5) is 0 Å². The van der Waals surface area contributed by atoms with Crippen LogP contribution in [0.1, 0.15) is 21.1 Å². The molecule has 0 unspecified atom stereocenters. The van der Waals surface area contributed by atoms with Crippen LogP contribution in [-0.2, 0) is 6.61 Å². The zero-order valence-electron chi connectivity index (χ0n) is 14.8. The van der Waals surface area contributed by atoms with Crippen LogP contribution in [0.5, 0.6) is 11.5 Å². The Hall–Kier alpha value is -2.57. The predicted molar refractivity (Wildman–Crippen MR) is 107 cm³/mol. The van der Waals surface area contributed by atoms with Gasteiger partial charge in [-0.1, -0.05) is 17.7 Å². The maximum atomic E-state index is 12.3. The van der Waals surface area contributed by atoms with Crippen molar-refractivity contribution in [1.82, 2.24) is 10.3 Å². The van der Waals surface area contributed by atoms with Crippen LogP contribution < -0.4 is 14.8 Å². The lowest BCUT2D eigenvalue weighted by molar-refractivity contribution is 0.0946. The molecule has 0 aliphatic carbocycles. The summed E-state index contributed by atoms with van der Waals surface area (Å²) in [7, 11) is 0. The van der Waals surface area contributed by atoms with Crippen molar-refractivity contribution in [2.75, 3.05) is 13.2 Å². The first-order valence-electron chi connectivity index (χ1n) is 8.40. The number of ether oxygens (including phenoxy) is 2.